The number of nitrogens with one attached hydrogen (secondary N) is 1. The molecule has 35 heavy (non-hydrogen) atoms. The molecular weight excluding hydrogens is 512 g/mol. The van der Waals surface area contributed by atoms with E-state index >= 15 is 0 Å². The van der Waals surface area contributed by atoms with Gasteiger partial charge in [-0.05, 0) is 49.2 Å². The number of hydrazone groups is 1. The van der Waals surface area contributed by atoms with Crippen molar-refractivity contribution in [1.82, 2.24) is 5.43 Å². The summed E-state index contributed by atoms with van der Waals surface area (Å²) < 4.78 is 21.9. The van der Waals surface area contributed by atoms with Crippen molar-refractivity contribution in [3.8, 4) is 17.2 Å². The number of carbonyl (C=O) groups excluding carboxylic acids is 2. The minimum absolute atomic E-state index is 0.171. The molecule has 1 N–H and O–H groups in total. The molecule has 0 aliphatic carbocycles. The van der Waals surface area contributed by atoms with E-state index in [0.717, 1.165) is 0 Å². The zero-order valence-electron chi connectivity index (χ0n) is 19.5. The molecule has 0 aromatic heterocycles. The van der Waals surface area contributed by atoms with Gasteiger partial charge in [0, 0.05) is 11.5 Å². The van der Waals surface area contributed by atoms with Crippen LogP contribution in [0.1, 0.15) is 29.6 Å². The molecule has 1 amide bonds. The van der Waals surface area contributed by atoms with Crippen molar-refractivity contribution in [2.45, 2.75) is 18.4 Å². The van der Waals surface area contributed by atoms with Crippen molar-refractivity contribution in [1.29, 1.82) is 0 Å². The predicted octanol–water partition coefficient (Wildman–Crippen LogP) is 4.69. The Balaban J connectivity index is 1.51. The Labute approximate surface area is 218 Å². The van der Waals surface area contributed by atoms with Crippen LogP contribution in [0.25, 0.3) is 0 Å². The molecule has 8 nitrogen and oxygen atoms in total. The van der Waals surface area contributed by atoms with Gasteiger partial charge in [-0.25, -0.2) is 10.2 Å². The third kappa shape index (κ3) is 8.55. The smallest absolute Gasteiger partial charge is 0.344 e. The van der Waals surface area contributed by atoms with E-state index in [1.807, 2.05) is 54.7 Å². The number of halogens is 1. The topological polar surface area (TPSA) is 95.5 Å². The largest absolute Gasteiger partial charge is 0.490 e. The van der Waals surface area contributed by atoms with Crippen LogP contribution in [0.15, 0.2) is 41.5 Å². The van der Waals surface area contributed by atoms with Crippen LogP contribution >= 0.6 is 35.1 Å². The van der Waals surface area contributed by atoms with Crippen molar-refractivity contribution < 1.29 is 28.5 Å². The lowest BCUT2D eigenvalue weighted by atomic mass is 10.2. The maximum Gasteiger partial charge on any atom is 0.344 e. The van der Waals surface area contributed by atoms with Crippen LogP contribution in [-0.4, -0.2) is 56.0 Å². The Morgan fingerprint density at radius 2 is 1.80 bits per heavy atom. The van der Waals surface area contributed by atoms with E-state index in [1.54, 1.807) is 19.1 Å². The van der Waals surface area contributed by atoms with Gasteiger partial charge in [-0.2, -0.15) is 5.10 Å². The zero-order valence-corrected chi connectivity index (χ0v) is 21.8. The average Bonchev–Trinajstić information content (AvgIpc) is 3.38. The maximum atomic E-state index is 12.1. The summed E-state index contributed by atoms with van der Waals surface area (Å²) in [6, 6.07) is 11.0. The number of esters is 1. The van der Waals surface area contributed by atoms with Gasteiger partial charge in [-0.15, -0.1) is 23.5 Å². The summed E-state index contributed by atoms with van der Waals surface area (Å²) in [4.78, 5) is 23.7. The van der Waals surface area contributed by atoms with Gasteiger partial charge in [0.1, 0.15) is 5.75 Å². The molecular formula is C24H27ClN2O6S2. The number of benzene rings is 2. The molecule has 0 spiro atoms. The van der Waals surface area contributed by atoms with Crippen LogP contribution in [-0.2, 0) is 14.3 Å². The summed E-state index contributed by atoms with van der Waals surface area (Å²) in [5, 5.41) is 4.18. The molecule has 188 valence electrons. The predicted molar refractivity (Wildman–Crippen MR) is 140 cm³/mol. The average molecular weight is 539 g/mol. The fourth-order valence-corrected chi connectivity index (χ4v) is 6.16. The SMILES string of the molecule is CCOC(=O)COc1c(Cl)cc(/C=N\NC(=O)COc2ccc(C3SCCS3)cc2)cc1OCC. The Morgan fingerprint density at radius 3 is 2.49 bits per heavy atom. The van der Waals surface area contributed by atoms with Crippen molar-refractivity contribution in [3.63, 3.8) is 0 Å². The number of hydrogen-bond donors (Lipinski definition) is 1. The van der Waals surface area contributed by atoms with Gasteiger partial charge in [0.05, 0.1) is 29.0 Å². The lowest BCUT2D eigenvalue weighted by molar-refractivity contribution is -0.145. The summed E-state index contributed by atoms with van der Waals surface area (Å²) in [5.74, 6) is 2.61. The second-order valence-electron chi connectivity index (χ2n) is 7.08. The normalized spacial score (nSPS) is 13.6. The third-order valence-electron chi connectivity index (χ3n) is 4.52. The highest BCUT2D eigenvalue weighted by atomic mass is 35.5. The van der Waals surface area contributed by atoms with Crippen LogP contribution in [0.3, 0.4) is 0 Å². The van der Waals surface area contributed by atoms with Crippen molar-refractivity contribution >= 4 is 53.2 Å². The summed E-state index contributed by atoms with van der Waals surface area (Å²) in [6.07, 6.45) is 1.42. The van der Waals surface area contributed by atoms with E-state index in [1.165, 1.54) is 23.3 Å². The number of ether oxygens (including phenoxy) is 4. The van der Waals surface area contributed by atoms with Gasteiger partial charge in [0.2, 0.25) is 0 Å². The zero-order chi connectivity index (χ0) is 25.0. The van der Waals surface area contributed by atoms with Gasteiger partial charge in [-0.1, -0.05) is 23.7 Å². The Morgan fingerprint density at radius 1 is 1.06 bits per heavy atom. The molecule has 1 fully saturated rings. The van der Waals surface area contributed by atoms with E-state index < -0.39 is 11.9 Å². The molecule has 1 aliphatic heterocycles. The van der Waals surface area contributed by atoms with Crippen LogP contribution < -0.4 is 19.6 Å². The van der Waals surface area contributed by atoms with Crippen molar-refractivity contribution in [2.75, 3.05) is 37.9 Å². The van der Waals surface area contributed by atoms with Gasteiger partial charge < -0.3 is 18.9 Å². The molecule has 0 bridgehead atoms. The fraction of sp³-hybridized carbons (Fsp3) is 0.375. The van der Waals surface area contributed by atoms with E-state index in [2.05, 4.69) is 10.5 Å². The lowest BCUT2D eigenvalue weighted by Gasteiger charge is -2.14. The number of carbonyl (C=O) groups is 2. The van der Waals surface area contributed by atoms with E-state index in [-0.39, 0.29) is 30.6 Å². The Hall–Kier alpha value is -2.56. The number of thioether (sulfide) groups is 2. The minimum atomic E-state index is -0.510. The molecule has 0 atom stereocenters. The Bertz CT molecular complexity index is 1030. The van der Waals surface area contributed by atoms with Crippen LogP contribution in [0.4, 0.5) is 0 Å². The number of rotatable bonds is 12. The summed E-state index contributed by atoms with van der Waals surface area (Å²) in [5.41, 5.74) is 4.24. The second-order valence-corrected chi connectivity index (χ2v) is 10.2. The van der Waals surface area contributed by atoms with Crippen LogP contribution in [0.5, 0.6) is 17.2 Å². The summed E-state index contributed by atoms with van der Waals surface area (Å²) >= 11 is 10.2. The first kappa shape index (κ1) is 27.0. The highest BCUT2D eigenvalue weighted by Gasteiger charge is 2.18. The maximum absolute atomic E-state index is 12.1. The summed E-state index contributed by atoms with van der Waals surface area (Å²) in [7, 11) is 0. The molecule has 0 saturated carbocycles. The highest BCUT2D eigenvalue weighted by Crippen LogP contribution is 2.45. The van der Waals surface area contributed by atoms with Gasteiger partial charge in [0.25, 0.3) is 5.91 Å². The molecule has 0 unspecified atom stereocenters. The van der Waals surface area contributed by atoms with Crippen molar-refractivity contribution in [3.05, 3.63) is 52.5 Å². The third-order valence-corrected chi connectivity index (χ3v) is 7.90. The van der Waals surface area contributed by atoms with Gasteiger partial charge in [0.15, 0.2) is 24.7 Å². The molecule has 2 aromatic carbocycles. The molecule has 2 aromatic rings. The number of amides is 1. The van der Waals surface area contributed by atoms with Crippen molar-refractivity contribution in [2.24, 2.45) is 5.10 Å². The quantitative estimate of drug-likeness (QED) is 0.236. The first-order chi connectivity index (χ1) is 17.0. The molecule has 11 heteroatoms. The molecule has 0 radical (unpaired) electrons. The second kappa shape index (κ2) is 14.1. The van der Waals surface area contributed by atoms with Gasteiger partial charge >= 0.3 is 5.97 Å². The van der Waals surface area contributed by atoms with Gasteiger partial charge in [-0.3, -0.25) is 4.79 Å². The van der Waals surface area contributed by atoms with E-state index in [0.29, 0.717) is 28.3 Å². The molecule has 1 saturated heterocycles. The minimum Gasteiger partial charge on any atom is -0.490 e. The monoisotopic (exact) mass is 538 g/mol. The molecule has 1 aliphatic rings. The summed E-state index contributed by atoms with van der Waals surface area (Å²) in [6.45, 7) is 3.67. The first-order valence-corrected chi connectivity index (χ1v) is 13.5. The van der Waals surface area contributed by atoms with E-state index in [4.69, 9.17) is 30.5 Å². The first-order valence-electron chi connectivity index (χ1n) is 11.0. The fourth-order valence-electron chi connectivity index (χ4n) is 3.03. The van der Waals surface area contributed by atoms with E-state index in [9.17, 15) is 9.59 Å². The van der Waals surface area contributed by atoms with Crippen LogP contribution in [0, 0.1) is 0 Å². The number of nitrogens with zero attached hydrogens (tertiary/aromatic N) is 1. The van der Waals surface area contributed by atoms with Crippen LogP contribution in [0.2, 0.25) is 5.02 Å². The molecule has 3 rings (SSSR count). The molecule has 1 heterocycles. The number of hydrogen-bond acceptors (Lipinski definition) is 9. The highest BCUT2D eigenvalue weighted by molar-refractivity contribution is 8.19. The standard InChI is InChI=1S/C24H27ClN2O6S2/c1-3-30-20-12-16(11-19(25)23(20)33-15-22(29)31-4-2)13-26-27-21(28)14-32-18-7-5-17(6-8-18)24-34-9-10-35-24/h5-8,11-13,24H,3-4,9-10,14-15H2,1-2H3,(H,27,28)/b26-13-. The Kier molecular flexibility index (Phi) is 10.9. The lowest BCUT2D eigenvalue weighted by Crippen LogP contribution is -2.24.